The van der Waals surface area contributed by atoms with Crippen molar-refractivity contribution in [2.45, 2.75) is 24.3 Å². The van der Waals surface area contributed by atoms with Crippen LogP contribution < -0.4 is 5.73 Å². The van der Waals surface area contributed by atoms with E-state index in [-0.39, 0.29) is 6.61 Å². The van der Waals surface area contributed by atoms with Crippen LogP contribution in [0.5, 0.6) is 0 Å². The molecular weight excluding hydrogens is 387 g/mol. The molecule has 11 heteroatoms. The summed E-state index contributed by atoms with van der Waals surface area (Å²) in [4.78, 5) is 25.9. The lowest BCUT2D eigenvalue weighted by Gasteiger charge is -2.33. The van der Waals surface area contributed by atoms with Gasteiger partial charge in [-0.15, -0.1) is 0 Å². The fraction of sp³-hybridized carbons (Fsp3) is 0.467. The summed E-state index contributed by atoms with van der Waals surface area (Å²) in [5, 5.41) is 23.1. The van der Waals surface area contributed by atoms with Gasteiger partial charge in [0.15, 0.2) is 0 Å². The zero-order valence-electron chi connectivity index (χ0n) is 13.1. The highest BCUT2D eigenvalue weighted by Crippen LogP contribution is 2.63. The van der Waals surface area contributed by atoms with Crippen LogP contribution in [0, 0.1) is 17.8 Å². The van der Waals surface area contributed by atoms with Crippen molar-refractivity contribution >= 4 is 35.1 Å². The molecule has 2 aliphatic rings. The molecule has 0 aromatic heterocycles. The Labute approximate surface area is 157 Å². The standard InChI is InChI=1S/C15H14Cl2N4O5/c16-6-2-1-5(3-7(6)17)4-26-12-11(20-21-19)8-9(13(22)23)10(8)15(12,18)14(24)25/h1-3,8-12H,4,18H2,(H,22,23)(H,24,25)/t8-,9-,10-,11?,12+,15+/m0/s1. The third-order valence-corrected chi connectivity index (χ3v) is 5.80. The van der Waals surface area contributed by atoms with Gasteiger partial charge in [0.25, 0.3) is 0 Å². The number of benzene rings is 1. The molecule has 1 unspecified atom stereocenters. The highest BCUT2D eigenvalue weighted by Gasteiger charge is 2.78. The van der Waals surface area contributed by atoms with Crippen LogP contribution in [0.2, 0.25) is 10.0 Å². The van der Waals surface area contributed by atoms with E-state index < -0.39 is 47.4 Å². The van der Waals surface area contributed by atoms with Crippen molar-refractivity contribution in [2.75, 3.05) is 0 Å². The van der Waals surface area contributed by atoms with Crippen molar-refractivity contribution in [3.05, 3.63) is 44.3 Å². The molecule has 1 aromatic rings. The molecule has 2 fully saturated rings. The molecular formula is C15H14Cl2N4O5. The first-order chi connectivity index (χ1) is 12.2. The highest BCUT2D eigenvalue weighted by atomic mass is 35.5. The summed E-state index contributed by atoms with van der Waals surface area (Å²) in [5.74, 6) is -5.09. The fourth-order valence-electron chi connectivity index (χ4n) is 3.88. The molecule has 9 nitrogen and oxygen atoms in total. The van der Waals surface area contributed by atoms with E-state index in [4.69, 9.17) is 39.2 Å². The summed E-state index contributed by atoms with van der Waals surface area (Å²) in [7, 11) is 0. The van der Waals surface area contributed by atoms with Gasteiger partial charge in [-0.3, -0.25) is 9.59 Å². The molecule has 0 radical (unpaired) electrons. The number of halogens is 2. The van der Waals surface area contributed by atoms with Crippen LogP contribution in [0.3, 0.4) is 0 Å². The molecule has 0 amide bonds. The smallest absolute Gasteiger partial charge is 0.326 e. The number of carboxylic acids is 2. The van der Waals surface area contributed by atoms with E-state index in [1.54, 1.807) is 18.2 Å². The number of fused-ring (bicyclic) bond motifs is 1. The van der Waals surface area contributed by atoms with Crippen LogP contribution in [-0.2, 0) is 20.9 Å². The number of azide groups is 1. The van der Waals surface area contributed by atoms with Gasteiger partial charge in [0.1, 0.15) is 5.54 Å². The van der Waals surface area contributed by atoms with Crippen molar-refractivity contribution in [2.24, 2.45) is 28.6 Å². The van der Waals surface area contributed by atoms with Crippen molar-refractivity contribution in [1.82, 2.24) is 0 Å². The number of rotatable bonds is 6. The highest BCUT2D eigenvalue weighted by molar-refractivity contribution is 6.42. The van der Waals surface area contributed by atoms with Crippen LogP contribution in [0.4, 0.5) is 0 Å². The number of hydrogen-bond acceptors (Lipinski definition) is 5. The van der Waals surface area contributed by atoms with Gasteiger partial charge >= 0.3 is 11.9 Å². The second-order valence-electron chi connectivity index (χ2n) is 6.38. The normalized spacial score (nSPS) is 34.7. The molecule has 6 atom stereocenters. The fourth-order valence-corrected chi connectivity index (χ4v) is 4.20. The van der Waals surface area contributed by atoms with Gasteiger partial charge in [-0.2, -0.15) is 0 Å². The Kier molecular flexibility index (Phi) is 4.76. The second kappa shape index (κ2) is 6.61. The molecule has 2 aliphatic carbocycles. The van der Waals surface area contributed by atoms with E-state index in [0.29, 0.717) is 15.6 Å². The van der Waals surface area contributed by atoms with Gasteiger partial charge in [0.2, 0.25) is 0 Å². The Hall–Kier alpha value is -2.03. The van der Waals surface area contributed by atoms with E-state index >= 15 is 0 Å². The third-order valence-electron chi connectivity index (χ3n) is 5.06. The molecule has 0 saturated heterocycles. The second-order valence-corrected chi connectivity index (χ2v) is 7.20. The number of nitrogens with zero attached hydrogens (tertiary/aromatic N) is 3. The largest absolute Gasteiger partial charge is 0.481 e. The number of ether oxygens (including phenoxy) is 1. The Morgan fingerprint density at radius 3 is 2.58 bits per heavy atom. The first-order valence-electron chi connectivity index (χ1n) is 7.58. The van der Waals surface area contributed by atoms with Gasteiger partial charge in [0.05, 0.1) is 34.7 Å². The predicted molar refractivity (Wildman–Crippen MR) is 90.6 cm³/mol. The lowest BCUT2D eigenvalue weighted by Crippen LogP contribution is -2.61. The number of hydrogen-bond donors (Lipinski definition) is 3. The average Bonchev–Trinajstić information content (AvgIpc) is 3.27. The van der Waals surface area contributed by atoms with E-state index in [2.05, 4.69) is 10.0 Å². The van der Waals surface area contributed by atoms with Gasteiger partial charge in [-0.05, 0) is 29.1 Å². The number of nitrogens with two attached hydrogens (primary N) is 1. The summed E-state index contributed by atoms with van der Waals surface area (Å²) in [5.41, 5.74) is 13.5. The molecule has 0 heterocycles. The minimum absolute atomic E-state index is 0.0532. The Morgan fingerprint density at radius 2 is 2.04 bits per heavy atom. The lowest BCUT2D eigenvalue weighted by atomic mass is 9.87. The molecule has 4 N–H and O–H groups in total. The monoisotopic (exact) mass is 400 g/mol. The van der Waals surface area contributed by atoms with E-state index in [9.17, 15) is 19.8 Å². The summed E-state index contributed by atoms with van der Waals surface area (Å²) in [6.07, 6.45) is -1.17. The predicted octanol–water partition coefficient (Wildman–Crippen LogP) is 2.30. The van der Waals surface area contributed by atoms with Gasteiger partial charge in [-0.25, -0.2) is 0 Å². The van der Waals surface area contributed by atoms with Gasteiger partial charge < -0.3 is 20.7 Å². The minimum Gasteiger partial charge on any atom is -0.481 e. The molecule has 138 valence electrons. The average molecular weight is 401 g/mol. The summed E-state index contributed by atoms with van der Waals surface area (Å²) >= 11 is 11.8. The van der Waals surface area contributed by atoms with Crippen molar-refractivity contribution in [3.8, 4) is 0 Å². The van der Waals surface area contributed by atoms with Gasteiger partial charge in [-0.1, -0.05) is 34.4 Å². The third kappa shape index (κ3) is 2.78. The SMILES string of the molecule is [N-]=[N+]=NC1[C@H]2[C@H](C(=O)O)[C@H]2[C@](N)(C(=O)O)[C@@H]1OCc1ccc(Cl)c(Cl)c1. The molecule has 0 bridgehead atoms. The van der Waals surface area contributed by atoms with Crippen LogP contribution in [0.1, 0.15) is 5.56 Å². The van der Waals surface area contributed by atoms with E-state index in [1.165, 1.54) is 0 Å². The summed E-state index contributed by atoms with van der Waals surface area (Å²) in [6.45, 7) is -0.0532. The van der Waals surface area contributed by atoms with Crippen molar-refractivity contribution in [3.63, 3.8) is 0 Å². The molecule has 26 heavy (non-hydrogen) atoms. The van der Waals surface area contributed by atoms with Crippen LogP contribution >= 0.6 is 23.2 Å². The topological polar surface area (TPSA) is 159 Å². The first kappa shape index (κ1) is 18.8. The zero-order chi connectivity index (χ0) is 19.2. The molecule has 2 saturated carbocycles. The molecule has 3 rings (SSSR count). The van der Waals surface area contributed by atoms with Crippen molar-refractivity contribution in [1.29, 1.82) is 0 Å². The summed E-state index contributed by atoms with van der Waals surface area (Å²) < 4.78 is 5.69. The number of aliphatic carboxylic acids is 2. The Morgan fingerprint density at radius 1 is 1.35 bits per heavy atom. The van der Waals surface area contributed by atoms with E-state index in [1.807, 2.05) is 0 Å². The van der Waals surface area contributed by atoms with Crippen LogP contribution in [0.25, 0.3) is 10.4 Å². The van der Waals surface area contributed by atoms with Crippen LogP contribution in [0.15, 0.2) is 23.3 Å². The first-order valence-corrected chi connectivity index (χ1v) is 8.33. The van der Waals surface area contributed by atoms with E-state index in [0.717, 1.165) is 0 Å². The molecule has 0 spiro atoms. The van der Waals surface area contributed by atoms with Crippen molar-refractivity contribution < 1.29 is 24.5 Å². The van der Waals surface area contributed by atoms with Crippen LogP contribution in [-0.4, -0.2) is 39.8 Å². The van der Waals surface area contributed by atoms with Gasteiger partial charge in [0, 0.05) is 10.8 Å². The lowest BCUT2D eigenvalue weighted by molar-refractivity contribution is -0.153. The minimum atomic E-state index is -1.97. The number of carbonyl (C=O) groups is 2. The maximum absolute atomic E-state index is 11.8. The summed E-state index contributed by atoms with van der Waals surface area (Å²) in [6, 6.07) is 3.77. The molecule has 0 aliphatic heterocycles. The quantitative estimate of drug-likeness (QED) is 0.377. The maximum Gasteiger partial charge on any atom is 0.326 e. The number of carboxylic acid groups (broad SMARTS) is 2. The maximum atomic E-state index is 11.8. The Bertz CT molecular complexity index is 830. The molecule has 1 aromatic carbocycles. The Balaban J connectivity index is 1.88. The zero-order valence-corrected chi connectivity index (χ0v) is 14.6.